The Kier molecular flexibility index (Phi) is 4.31. The van der Waals surface area contributed by atoms with E-state index in [0.29, 0.717) is 31.3 Å². The van der Waals surface area contributed by atoms with E-state index in [1.54, 1.807) is 6.07 Å². The van der Waals surface area contributed by atoms with E-state index in [2.05, 4.69) is 4.98 Å². The Balaban J connectivity index is 1.77. The Morgan fingerprint density at radius 3 is 2.91 bits per heavy atom. The van der Waals surface area contributed by atoms with Gasteiger partial charge in [-0.25, -0.2) is 13.2 Å². The van der Waals surface area contributed by atoms with Crippen LogP contribution in [-0.4, -0.2) is 41.7 Å². The van der Waals surface area contributed by atoms with Crippen LogP contribution in [0.4, 0.5) is 13.2 Å². The lowest BCUT2D eigenvalue weighted by atomic mass is 10.0. The molecule has 3 rings (SSSR count). The summed E-state index contributed by atoms with van der Waals surface area (Å²) >= 11 is 0. The van der Waals surface area contributed by atoms with Gasteiger partial charge in [-0.05, 0) is 37.1 Å². The summed E-state index contributed by atoms with van der Waals surface area (Å²) in [4.78, 5) is 5.96. The highest BCUT2D eigenvalue weighted by Crippen LogP contribution is 2.22. The minimum atomic E-state index is -1.02. The number of alkyl halides is 1. The number of likely N-dealkylation sites (tertiary alicyclic amines) is 1. The van der Waals surface area contributed by atoms with Crippen molar-refractivity contribution >= 4 is 10.9 Å². The first-order valence-electron chi connectivity index (χ1n) is 7.39. The van der Waals surface area contributed by atoms with E-state index in [9.17, 15) is 13.2 Å². The monoisotopic (exact) mass is 309 g/mol. The molecule has 118 valence electrons. The van der Waals surface area contributed by atoms with E-state index in [1.165, 1.54) is 12.3 Å². The van der Waals surface area contributed by atoms with E-state index in [1.807, 2.05) is 4.90 Å². The number of hydrogen-bond donors (Lipinski definition) is 1. The van der Waals surface area contributed by atoms with Crippen LogP contribution in [0.1, 0.15) is 12.0 Å². The molecule has 1 aliphatic rings. The molecule has 0 spiro atoms. The topological polar surface area (TPSA) is 42.1 Å². The normalized spacial score (nSPS) is 23.1. The maximum absolute atomic E-state index is 13.7. The molecule has 22 heavy (non-hydrogen) atoms. The summed E-state index contributed by atoms with van der Waals surface area (Å²) in [7, 11) is 0. The molecule has 2 heterocycles. The fourth-order valence-corrected chi connectivity index (χ4v) is 2.92. The summed E-state index contributed by atoms with van der Waals surface area (Å²) in [5.74, 6) is -1.28. The third-order valence-corrected chi connectivity index (χ3v) is 4.23. The second-order valence-electron chi connectivity index (χ2n) is 5.77. The molecule has 2 N–H and O–H groups in total. The van der Waals surface area contributed by atoms with Crippen molar-refractivity contribution in [2.45, 2.75) is 25.1 Å². The Morgan fingerprint density at radius 1 is 1.32 bits per heavy atom. The quantitative estimate of drug-likeness (QED) is 0.947. The number of fused-ring (bicyclic) bond motifs is 1. The molecule has 0 unspecified atom stereocenters. The average molecular weight is 309 g/mol. The van der Waals surface area contributed by atoms with Crippen molar-refractivity contribution in [1.29, 1.82) is 0 Å². The van der Waals surface area contributed by atoms with Gasteiger partial charge in [0.15, 0.2) is 5.82 Å². The molecule has 1 aliphatic heterocycles. The Bertz CT molecular complexity index is 677. The van der Waals surface area contributed by atoms with Crippen molar-refractivity contribution in [3.63, 3.8) is 0 Å². The van der Waals surface area contributed by atoms with Gasteiger partial charge in [-0.3, -0.25) is 9.88 Å². The first kappa shape index (κ1) is 15.2. The number of hydrogen-bond acceptors (Lipinski definition) is 3. The van der Waals surface area contributed by atoms with Gasteiger partial charge in [0.25, 0.3) is 0 Å². The predicted octanol–water partition coefficient (Wildman–Crippen LogP) is 2.43. The van der Waals surface area contributed by atoms with Gasteiger partial charge in [-0.1, -0.05) is 0 Å². The van der Waals surface area contributed by atoms with Gasteiger partial charge in [0.05, 0.1) is 0 Å². The Hall–Kier alpha value is -1.66. The van der Waals surface area contributed by atoms with Crippen molar-refractivity contribution in [3.05, 3.63) is 41.6 Å². The van der Waals surface area contributed by atoms with Crippen molar-refractivity contribution in [2.24, 2.45) is 5.73 Å². The summed E-state index contributed by atoms with van der Waals surface area (Å²) in [6.07, 6.45) is 1.71. The zero-order chi connectivity index (χ0) is 15.7. The highest BCUT2D eigenvalue weighted by molar-refractivity contribution is 5.82. The molecule has 3 nitrogen and oxygen atoms in total. The van der Waals surface area contributed by atoms with Crippen LogP contribution in [0.15, 0.2) is 24.4 Å². The minimum Gasteiger partial charge on any atom is -0.325 e. The van der Waals surface area contributed by atoms with Crippen LogP contribution in [0, 0.1) is 11.6 Å². The zero-order valence-corrected chi connectivity index (χ0v) is 12.1. The van der Waals surface area contributed by atoms with Crippen molar-refractivity contribution in [2.75, 3.05) is 19.6 Å². The number of nitrogens with zero attached hydrogens (tertiary/aromatic N) is 2. The first-order chi connectivity index (χ1) is 10.5. The molecule has 1 saturated heterocycles. The van der Waals surface area contributed by atoms with Gasteiger partial charge in [-0.15, -0.1) is 0 Å². The van der Waals surface area contributed by atoms with Crippen molar-refractivity contribution < 1.29 is 13.2 Å². The molecule has 1 fully saturated rings. The second-order valence-corrected chi connectivity index (χ2v) is 5.77. The first-order valence-corrected chi connectivity index (χ1v) is 7.39. The van der Waals surface area contributed by atoms with Crippen LogP contribution in [0.2, 0.25) is 0 Å². The number of nitrogens with two attached hydrogens (primary N) is 1. The van der Waals surface area contributed by atoms with Crippen molar-refractivity contribution in [3.8, 4) is 0 Å². The zero-order valence-electron chi connectivity index (χ0n) is 12.1. The lowest BCUT2D eigenvalue weighted by Gasteiger charge is -2.32. The third-order valence-electron chi connectivity index (χ3n) is 4.23. The van der Waals surface area contributed by atoms with Crippen LogP contribution in [0.5, 0.6) is 0 Å². The van der Waals surface area contributed by atoms with Gasteiger partial charge < -0.3 is 5.73 Å². The number of benzene rings is 1. The largest absolute Gasteiger partial charge is 0.325 e. The SMILES string of the molecule is N[C@H]1CCN(CCc2ccnc3c(F)cc(F)cc23)C[C@@H]1F. The maximum Gasteiger partial charge on any atom is 0.152 e. The number of halogens is 3. The molecule has 2 atom stereocenters. The minimum absolute atomic E-state index is 0.169. The standard InChI is InChI=1S/C16H18F3N3/c17-11-7-12-10(1-4-21-16(12)13(18)8-11)2-5-22-6-3-15(20)14(19)9-22/h1,4,7-8,14-15H,2-3,5-6,9,20H2/t14-,15-/m0/s1. The molecule has 1 aromatic carbocycles. The van der Waals surface area contributed by atoms with Gasteiger partial charge >= 0.3 is 0 Å². The molecule has 0 bridgehead atoms. The van der Waals surface area contributed by atoms with E-state index < -0.39 is 17.8 Å². The smallest absolute Gasteiger partial charge is 0.152 e. The Morgan fingerprint density at radius 2 is 2.14 bits per heavy atom. The summed E-state index contributed by atoms with van der Waals surface area (Å²) in [5, 5.41) is 0.477. The molecule has 0 saturated carbocycles. The van der Waals surface area contributed by atoms with Crippen LogP contribution < -0.4 is 5.73 Å². The predicted molar refractivity (Wildman–Crippen MR) is 79.3 cm³/mol. The molecule has 0 amide bonds. The number of piperidine rings is 1. The fraction of sp³-hybridized carbons (Fsp3) is 0.438. The highest BCUT2D eigenvalue weighted by Gasteiger charge is 2.25. The number of rotatable bonds is 3. The molecular formula is C16H18F3N3. The van der Waals surface area contributed by atoms with E-state index in [-0.39, 0.29) is 11.6 Å². The second kappa shape index (κ2) is 6.22. The van der Waals surface area contributed by atoms with Gasteiger partial charge in [0, 0.05) is 36.8 Å². The van der Waals surface area contributed by atoms with Crippen LogP contribution in [-0.2, 0) is 6.42 Å². The van der Waals surface area contributed by atoms with Gasteiger partial charge in [0.2, 0.25) is 0 Å². The molecule has 0 radical (unpaired) electrons. The van der Waals surface area contributed by atoms with Crippen molar-refractivity contribution in [1.82, 2.24) is 9.88 Å². The van der Waals surface area contributed by atoms with E-state index in [0.717, 1.165) is 18.2 Å². The molecular weight excluding hydrogens is 291 g/mol. The van der Waals surface area contributed by atoms with Crippen LogP contribution in [0.25, 0.3) is 10.9 Å². The highest BCUT2D eigenvalue weighted by atomic mass is 19.1. The molecule has 1 aromatic heterocycles. The van der Waals surface area contributed by atoms with Crippen LogP contribution in [0.3, 0.4) is 0 Å². The molecule has 0 aliphatic carbocycles. The third kappa shape index (κ3) is 3.08. The lowest BCUT2D eigenvalue weighted by molar-refractivity contribution is 0.121. The maximum atomic E-state index is 13.7. The fourth-order valence-electron chi connectivity index (χ4n) is 2.92. The average Bonchev–Trinajstić information content (AvgIpc) is 2.48. The number of pyridine rings is 1. The van der Waals surface area contributed by atoms with E-state index in [4.69, 9.17) is 5.73 Å². The van der Waals surface area contributed by atoms with Gasteiger partial charge in [0.1, 0.15) is 17.5 Å². The number of aromatic nitrogens is 1. The van der Waals surface area contributed by atoms with Crippen LogP contribution >= 0.6 is 0 Å². The van der Waals surface area contributed by atoms with Gasteiger partial charge in [-0.2, -0.15) is 0 Å². The summed E-state index contributed by atoms with van der Waals surface area (Å²) < 4.78 is 40.8. The summed E-state index contributed by atoms with van der Waals surface area (Å²) in [6, 6.07) is 3.49. The van der Waals surface area contributed by atoms with E-state index >= 15 is 0 Å². The Labute approximate surface area is 126 Å². The summed E-state index contributed by atoms with van der Waals surface area (Å²) in [5.41, 5.74) is 6.65. The molecule has 6 heteroatoms. The summed E-state index contributed by atoms with van der Waals surface area (Å²) in [6.45, 7) is 1.69. The lowest BCUT2D eigenvalue weighted by Crippen LogP contribution is -2.48. The molecule has 2 aromatic rings.